The van der Waals surface area contributed by atoms with Crippen LogP contribution in [-0.4, -0.2) is 33.7 Å². The lowest BCUT2D eigenvalue weighted by Crippen LogP contribution is -2.33. The number of hydrazone groups is 1. The molecule has 0 saturated carbocycles. The molecule has 4 rings (SSSR count). The highest BCUT2D eigenvalue weighted by Crippen LogP contribution is 2.28. The van der Waals surface area contributed by atoms with E-state index in [0.29, 0.717) is 16.3 Å². The van der Waals surface area contributed by atoms with Crippen LogP contribution in [0.2, 0.25) is 5.02 Å². The van der Waals surface area contributed by atoms with E-state index in [0.717, 1.165) is 24.3 Å². The van der Waals surface area contributed by atoms with Crippen LogP contribution in [0, 0.1) is 11.6 Å². The SMILES string of the molecule is Fc1cccc(F)c1-c1nc(NN=Cc2ccc(OC(F)(F)C(F)F)cc2)nc(Nc2ccc(Cl)cc2)n1. The van der Waals surface area contributed by atoms with E-state index >= 15 is 0 Å². The van der Waals surface area contributed by atoms with Crippen LogP contribution < -0.4 is 15.5 Å². The van der Waals surface area contributed by atoms with E-state index in [1.807, 2.05) is 0 Å². The minimum Gasteiger partial charge on any atom is -0.428 e. The van der Waals surface area contributed by atoms with Crippen LogP contribution in [0.3, 0.4) is 0 Å². The largest absolute Gasteiger partial charge is 0.461 e. The van der Waals surface area contributed by atoms with Crippen LogP contribution in [0.1, 0.15) is 5.56 Å². The number of rotatable bonds is 9. The first-order chi connectivity index (χ1) is 18.1. The highest BCUT2D eigenvalue weighted by atomic mass is 35.5. The molecular weight excluding hydrogens is 538 g/mol. The summed E-state index contributed by atoms with van der Waals surface area (Å²) in [5.74, 6) is -2.87. The molecule has 0 amide bonds. The maximum absolute atomic E-state index is 14.4. The normalized spacial score (nSPS) is 11.7. The van der Waals surface area contributed by atoms with Gasteiger partial charge in [-0.3, -0.25) is 0 Å². The fraction of sp³-hybridized carbons (Fsp3) is 0.0833. The molecule has 0 fully saturated rings. The molecule has 0 bridgehead atoms. The van der Waals surface area contributed by atoms with E-state index in [9.17, 15) is 26.3 Å². The van der Waals surface area contributed by atoms with Crippen LogP contribution in [0.25, 0.3) is 11.4 Å². The maximum Gasteiger partial charge on any atom is 0.461 e. The van der Waals surface area contributed by atoms with Gasteiger partial charge in [-0.25, -0.2) is 14.2 Å². The molecule has 7 nitrogen and oxygen atoms in total. The molecule has 0 aliphatic heterocycles. The van der Waals surface area contributed by atoms with Gasteiger partial charge in [0.1, 0.15) is 17.4 Å². The highest BCUT2D eigenvalue weighted by molar-refractivity contribution is 6.30. The van der Waals surface area contributed by atoms with Gasteiger partial charge in [-0.05, 0) is 66.2 Å². The van der Waals surface area contributed by atoms with Crippen molar-refractivity contribution in [2.75, 3.05) is 10.7 Å². The average Bonchev–Trinajstić information content (AvgIpc) is 2.86. The summed E-state index contributed by atoms with van der Waals surface area (Å²) in [6.07, 6.45) is -7.40. The molecule has 0 unspecified atom stereocenters. The van der Waals surface area contributed by atoms with Gasteiger partial charge < -0.3 is 10.1 Å². The number of anilines is 3. The number of hydrogen-bond donors (Lipinski definition) is 2. The molecule has 0 aliphatic rings. The first-order valence-electron chi connectivity index (χ1n) is 10.6. The number of nitrogens with zero attached hydrogens (tertiary/aromatic N) is 4. The predicted octanol–water partition coefficient (Wildman–Crippen LogP) is 6.90. The second kappa shape index (κ2) is 11.3. The molecule has 0 aliphatic carbocycles. The van der Waals surface area contributed by atoms with Gasteiger partial charge in [-0.15, -0.1) is 0 Å². The summed E-state index contributed by atoms with van der Waals surface area (Å²) in [6, 6.07) is 14.4. The van der Waals surface area contributed by atoms with Crippen molar-refractivity contribution in [3.8, 4) is 17.1 Å². The van der Waals surface area contributed by atoms with Crippen LogP contribution in [0.15, 0.2) is 71.8 Å². The Hall–Kier alpha value is -4.39. The second-order valence-corrected chi connectivity index (χ2v) is 7.87. The zero-order chi connectivity index (χ0) is 27.3. The van der Waals surface area contributed by atoms with Crippen molar-refractivity contribution < 1.29 is 31.1 Å². The van der Waals surface area contributed by atoms with Crippen molar-refractivity contribution in [2.45, 2.75) is 12.5 Å². The first-order valence-corrected chi connectivity index (χ1v) is 11.0. The molecule has 14 heteroatoms. The van der Waals surface area contributed by atoms with Gasteiger partial charge in [-0.2, -0.15) is 37.6 Å². The zero-order valence-electron chi connectivity index (χ0n) is 18.8. The molecule has 196 valence electrons. The van der Waals surface area contributed by atoms with E-state index in [4.69, 9.17) is 11.6 Å². The Bertz CT molecular complexity index is 1420. The summed E-state index contributed by atoms with van der Waals surface area (Å²) < 4.78 is 83.4. The minimum atomic E-state index is -4.64. The van der Waals surface area contributed by atoms with Crippen molar-refractivity contribution in [2.24, 2.45) is 5.10 Å². The second-order valence-electron chi connectivity index (χ2n) is 7.44. The van der Waals surface area contributed by atoms with Crippen LogP contribution in [-0.2, 0) is 0 Å². The summed E-state index contributed by atoms with van der Waals surface area (Å²) in [7, 11) is 0. The molecule has 2 N–H and O–H groups in total. The van der Waals surface area contributed by atoms with Gasteiger partial charge in [0.25, 0.3) is 0 Å². The third-order valence-corrected chi connectivity index (χ3v) is 4.94. The van der Waals surface area contributed by atoms with E-state index in [1.165, 1.54) is 24.4 Å². The number of nitrogens with one attached hydrogen (secondary N) is 2. The third-order valence-electron chi connectivity index (χ3n) is 4.69. The number of ether oxygens (including phenoxy) is 1. The monoisotopic (exact) mass is 552 g/mol. The van der Waals surface area contributed by atoms with E-state index in [2.05, 4.69) is 35.5 Å². The van der Waals surface area contributed by atoms with Crippen molar-refractivity contribution in [1.82, 2.24) is 15.0 Å². The van der Waals surface area contributed by atoms with E-state index < -0.39 is 35.5 Å². The molecular formula is C24H15ClF6N6O. The number of alkyl halides is 4. The fourth-order valence-electron chi connectivity index (χ4n) is 2.96. The van der Waals surface area contributed by atoms with Gasteiger partial charge in [0.15, 0.2) is 5.82 Å². The number of benzene rings is 3. The highest BCUT2D eigenvalue weighted by Gasteiger charge is 2.43. The molecule has 1 aromatic heterocycles. The number of aromatic nitrogens is 3. The topological polar surface area (TPSA) is 84.3 Å². The van der Waals surface area contributed by atoms with Gasteiger partial charge in [-0.1, -0.05) is 17.7 Å². The quantitative estimate of drug-likeness (QED) is 0.134. The van der Waals surface area contributed by atoms with Crippen molar-refractivity contribution in [3.63, 3.8) is 0 Å². The molecule has 3 aromatic carbocycles. The smallest absolute Gasteiger partial charge is 0.428 e. The lowest BCUT2D eigenvalue weighted by Gasteiger charge is -2.16. The van der Waals surface area contributed by atoms with E-state index in [1.54, 1.807) is 24.3 Å². The molecule has 0 spiro atoms. The summed E-state index contributed by atoms with van der Waals surface area (Å²) in [4.78, 5) is 12.2. The van der Waals surface area contributed by atoms with Crippen molar-refractivity contribution in [1.29, 1.82) is 0 Å². The molecule has 4 aromatic rings. The summed E-state index contributed by atoms with van der Waals surface area (Å²) in [5, 5.41) is 7.27. The fourth-order valence-corrected chi connectivity index (χ4v) is 3.08. The third kappa shape index (κ3) is 6.68. The van der Waals surface area contributed by atoms with E-state index in [-0.39, 0.29) is 17.7 Å². The lowest BCUT2D eigenvalue weighted by molar-refractivity contribution is -0.253. The van der Waals surface area contributed by atoms with Crippen LogP contribution >= 0.6 is 11.6 Å². The Morgan fingerprint density at radius 2 is 1.50 bits per heavy atom. The molecule has 0 radical (unpaired) electrons. The molecule has 0 saturated heterocycles. The van der Waals surface area contributed by atoms with Gasteiger partial charge in [0.05, 0.1) is 11.8 Å². The molecule has 1 heterocycles. The Labute approximate surface area is 216 Å². The van der Waals surface area contributed by atoms with Crippen molar-refractivity contribution >= 4 is 35.4 Å². The molecule has 38 heavy (non-hydrogen) atoms. The standard InChI is InChI=1S/C24H15ClF6N6O/c25-14-6-8-15(9-7-14)33-22-34-20(19-17(26)2-1-3-18(19)27)35-23(36-22)37-32-12-13-4-10-16(11-5-13)38-24(30,31)21(28)29/h1-12,21H,(H2,33,34,35,36,37). The average molecular weight is 553 g/mol. The summed E-state index contributed by atoms with van der Waals surface area (Å²) in [6.45, 7) is 0. The minimum absolute atomic E-state index is 0.0702. The Morgan fingerprint density at radius 1 is 0.868 bits per heavy atom. The summed E-state index contributed by atoms with van der Waals surface area (Å²) in [5.41, 5.74) is 2.89. The number of hydrogen-bond acceptors (Lipinski definition) is 7. The number of halogens is 7. The van der Waals surface area contributed by atoms with Crippen LogP contribution in [0.4, 0.5) is 43.9 Å². The Balaban J connectivity index is 1.57. The Morgan fingerprint density at radius 3 is 2.13 bits per heavy atom. The molecule has 0 atom stereocenters. The van der Waals surface area contributed by atoms with Crippen molar-refractivity contribution in [3.05, 3.63) is 89.0 Å². The van der Waals surface area contributed by atoms with Gasteiger partial charge in [0, 0.05) is 10.7 Å². The predicted molar refractivity (Wildman–Crippen MR) is 129 cm³/mol. The first kappa shape index (κ1) is 26.7. The summed E-state index contributed by atoms with van der Waals surface area (Å²) >= 11 is 5.89. The van der Waals surface area contributed by atoms with Gasteiger partial charge in [0.2, 0.25) is 11.9 Å². The maximum atomic E-state index is 14.4. The zero-order valence-corrected chi connectivity index (χ0v) is 19.6. The van der Waals surface area contributed by atoms with Gasteiger partial charge >= 0.3 is 12.5 Å². The Kier molecular flexibility index (Phi) is 7.96. The van der Waals surface area contributed by atoms with Crippen LogP contribution in [0.5, 0.6) is 5.75 Å². The lowest BCUT2D eigenvalue weighted by atomic mass is 10.2.